The molecule has 1 aliphatic heterocycles. The average Bonchev–Trinajstić information content (AvgIpc) is 2.81. The molecule has 2 rings (SSSR count). The minimum absolute atomic E-state index is 0.103. The van der Waals surface area contributed by atoms with Gasteiger partial charge in [-0.15, -0.1) is 0 Å². The van der Waals surface area contributed by atoms with Crippen molar-refractivity contribution in [1.29, 1.82) is 0 Å². The molecule has 0 amide bonds. The van der Waals surface area contributed by atoms with Crippen molar-refractivity contribution in [3.8, 4) is 0 Å². The van der Waals surface area contributed by atoms with E-state index in [0.29, 0.717) is 5.56 Å². The summed E-state index contributed by atoms with van der Waals surface area (Å²) in [7, 11) is 0. The summed E-state index contributed by atoms with van der Waals surface area (Å²) in [6.07, 6.45) is 2.44. The van der Waals surface area contributed by atoms with Crippen molar-refractivity contribution in [2.75, 3.05) is 6.54 Å². The van der Waals surface area contributed by atoms with Crippen molar-refractivity contribution in [2.45, 2.75) is 31.9 Å². The second kappa shape index (κ2) is 4.72. The van der Waals surface area contributed by atoms with Gasteiger partial charge in [-0.1, -0.05) is 0 Å². The molecule has 86 valence electrons. The smallest absolute Gasteiger partial charge is 0.194 e. The highest BCUT2D eigenvalue weighted by Crippen LogP contribution is 2.13. The van der Waals surface area contributed by atoms with E-state index in [4.69, 9.17) is 0 Å². The lowest BCUT2D eigenvalue weighted by atomic mass is 10.0. The number of carbonyl (C=O) groups is 1. The Bertz CT molecular complexity index is 369. The molecule has 2 unspecified atom stereocenters. The van der Waals surface area contributed by atoms with Gasteiger partial charge in [-0.05, 0) is 38.4 Å². The quantitative estimate of drug-likeness (QED) is 0.736. The van der Waals surface area contributed by atoms with Crippen molar-refractivity contribution in [2.24, 2.45) is 0 Å². The van der Waals surface area contributed by atoms with Gasteiger partial charge in [0.05, 0.1) is 0 Å². The maximum Gasteiger partial charge on any atom is 0.194 e. The average molecular weight is 220 g/mol. The van der Waals surface area contributed by atoms with E-state index in [1.165, 1.54) is 6.20 Å². The Labute approximate surface area is 94.7 Å². The van der Waals surface area contributed by atoms with Crippen LogP contribution in [0.3, 0.4) is 0 Å². The number of hydrogen-bond acceptors (Lipinski definition) is 4. The van der Waals surface area contributed by atoms with E-state index in [9.17, 15) is 9.90 Å². The van der Waals surface area contributed by atoms with Crippen LogP contribution in [0, 0.1) is 6.92 Å². The molecular formula is C12H16N2O2. The monoisotopic (exact) mass is 220 g/mol. The van der Waals surface area contributed by atoms with Gasteiger partial charge in [0, 0.05) is 23.5 Å². The fraction of sp³-hybridized carbons (Fsp3) is 0.500. The predicted octanol–water partition coefficient (Wildman–Crippen LogP) is 0.686. The molecule has 0 aliphatic carbocycles. The number of pyridine rings is 1. The minimum atomic E-state index is -0.952. The van der Waals surface area contributed by atoms with Crippen molar-refractivity contribution < 1.29 is 9.90 Å². The number of nitrogens with one attached hydrogen (secondary N) is 1. The number of aliphatic hydroxyl groups excluding tert-OH is 1. The van der Waals surface area contributed by atoms with Crippen LogP contribution in [0.5, 0.6) is 0 Å². The summed E-state index contributed by atoms with van der Waals surface area (Å²) in [6, 6.07) is 3.39. The molecule has 4 nitrogen and oxygen atoms in total. The zero-order chi connectivity index (χ0) is 11.5. The maximum absolute atomic E-state index is 11.9. The number of Topliss-reactive ketones (excluding diaryl/α,β-unsaturated/α-hetero) is 1. The maximum atomic E-state index is 11.9. The van der Waals surface area contributed by atoms with Crippen LogP contribution in [0.2, 0.25) is 0 Å². The Balaban J connectivity index is 2.08. The van der Waals surface area contributed by atoms with Gasteiger partial charge in [-0.3, -0.25) is 9.78 Å². The van der Waals surface area contributed by atoms with Crippen molar-refractivity contribution in [1.82, 2.24) is 10.3 Å². The standard InChI is InChI=1S/C12H16N2O2/c1-8-4-5-9(7-14-8)11(15)12(16)10-3-2-6-13-10/h4-5,7,10,12-13,16H,2-3,6H2,1H3. The molecule has 1 saturated heterocycles. The molecule has 0 bridgehead atoms. The molecule has 1 aromatic rings. The Morgan fingerprint density at radius 2 is 2.44 bits per heavy atom. The molecule has 2 N–H and O–H groups in total. The van der Waals surface area contributed by atoms with E-state index in [1.54, 1.807) is 12.1 Å². The highest BCUT2D eigenvalue weighted by Gasteiger charge is 2.29. The number of hydrogen-bond donors (Lipinski definition) is 2. The fourth-order valence-electron chi connectivity index (χ4n) is 1.95. The fourth-order valence-corrected chi connectivity index (χ4v) is 1.95. The number of nitrogens with zero attached hydrogens (tertiary/aromatic N) is 1. The summed E-state index contributed by atoms with van der Waals surface area (Å²) < 4.78 is 0. The van der Waals surface area contributed by atoms with E-state index in [-0.39, 0.29) is 11.8 Å². The minimum Gasteiger partial charge on any atom is -0.383 e. The van der Waals surface area contributed by atoms with Crippen LogP contribution in [0.15, 0.2) is 18.3 Å². The molecule has 1 fully saturated rings. The van der Waals surface area contributed by atoms with E-state index in [1.807, 2.05) is 6.92 Å². The van der Waals surface area contributed by atoms with Gasteiger partial charge in [-0.2, -0.15) is 0 Å². The van der Waals surface area contributed by atoms with Gasteiger partial charge < -0.3 is 10.4 Å². The highest BCUT2D eigenvalue weighted by atomic mass is 16.3. The number of carbonyl (C=O) groups excluding carboxylic acids is 1. The van der Waals surface area contributed by atoms with E-state index in [0.717, 1.165) is 25.1 Å². The van der Waals surface area contributed by atoms with E-state index >= 15 is 0 Å². The number of aromatic nitrogens is 1. The molecule has 0 radical (unpaired) electrons. The molecule has 0 aromatic carbocycles. The first-order valence-corrected chi connectivity index (χ1v) is 5.57. The lowest BCUT2D eigenvalue weighted by Crippen LogP contribution is -2.40. The first-order valence-electron chi connectivity index (χ1n) is 5.57. The molecule has 16 heavy (non-hydrogen) atoms. The largest absolute Gasteiger partial charge is 0.383 e. The Morgan fingerprint density at radius 1 is 1.62 bits per heavy atom. The molecule has 2 atom stereocenters. The normalized spacial score (nSPS) is 22.0. The summed E-state index contributed by atoms with van der Waals surface area (Å²) in [5.41, 5.74) is 1.34. The van der Waals surface area contributed by atoms with Gasteiger partial charge >= 0.3 is 0 Å². The number of ketones is 1. The molecule has 4 heteroatoms. The van der Waals surface area contributed by atoms with Gasteiger partial charge in [0.25, 0.3) is 0 Å². The Kier molecular flexibility index (Phi) is 3.31. The SMILES string of the molecule is Cc1ccc(C(=O)C(O)C2CCCN2)cn1. The van der Waals surface area contributed by atoms with Crippen molar-refractivity contribution >= 4 is 5.78 Å². The van der Waals surface area contributed by atoms with Gasteiger partial charge in [0.1, 0.15) is 6.10 Å². The summed E-state index contributed by atoms with van der Waals surface area (Å²) in [5, 5.41) is 13.0. The molecule has 0 saturated carbocycles. The van der Waals surface area contributed by atoms with Gasteiger partial charge in [0.15, 0.2) is 5.78 Å². The highest BCUT2D eigenvalue weighted by molar-refractivity contribution is 5.99. The summed E-state index contributed by atoms with van der Waals surface area (Å²) >= 11 is 0. The first kappa shape index (κ1) is 11.2. The number of aryl methyl sites for hydroxylation is 1. The molecule has 2 heterocycles. The number of aliphatic hydroxyl groups is 1. The van der Waals surface area contributed by atoms with Crippen LogP contribution in [0.1, 0.15) is 28.9 Å². The predicted molar refractivity (Wildman–Crippen MR) is 60.3 cm³/mol. The van der Waals surface area contributed by atoms with Crippen molar-refractivity contribution in [3.63, 3.8) is 0 Å². The third-order valence-corrected chi connectivity index (χ3v) is 2.94. The Morgan fingerprint density at radius 3 is 3.00 bits per heavy atom. The molecular weight excluding hydrogens is 204 g/mol. The lowest BCUT2D eigenvalue weighted by molar-refractivity contribution is 0.0676. The topological polar surface area (TPSA) is 62.2 Å². The second-order valence-electron chi connectivity index (χ2n) is 4.20. The molecule has 0 spiro atoms. The van der Waals surface area contributed by atoms with Crippen LogP contribution in [0.4, 0.5) is 0 Å². The summed E-state index contributed by atoms with van der Waals surface area (Å²) in [5.74, 6) is -0.244. The second-order valence-corrected chi connectivity index (χ2v) is 4.20. The van der Waals surface area contributed by atoms with Crippen LogP contribution in [-0.2, 0) is 0 Å². The van der Waals surface area contributed by atoms with Crippen LogP contribution < -0.4 is 5.32 Å². The lowest BCUT2D eigenvalue weighted by Gasteiger charge is -2.16. The van der Waals surface area contributed by atoms with Crippen LogP contribution in [0.25, 0.3) is 0 Å². The van der Waals surface area contributed by atoms with Crippen LogP contribution in [-0.4, -0.2) is 34.6 Å². The Hall–Kier alpha value is -1.26. The summed E-state index contributed by atoms with van der Waals surface area (Å²) in [4.78, 5) is 16.0. The van der Waals surface area contributed by atoms with E-state index < -0.39 is 6.10 Å². The first-order chi connectivity index (χ1) is 7.68. The third-order valence-electron chi connectivity index (χ3n) is 2.94. The summed E-state index contributed by atoms with van der Waals surface area (Å²) in [6.45, 7) is 2.74. The van der Waals surface area contributed by atoms with Gasteiger partial charge in [-0.25, -0.2) is 0 Å². The molecule has 1 aromatic heterocycles. The zero-order valence-corrected chi connectivity index (χ0v) is 9.31. The van der Waals surface area contributed by atoms with Crippen LogP contribution >= 0.6 is 0 Å². The van der Waals surface area contributed by atoms with Crippen molar-refractivity contribution in [3.05, 3.63) is 29.6 Å². The molecule has 1 aliphatic rings. The van der Waals surface area contributed by atoms with E-state index in [2.05, 4.69) is 10.3 Å². The van der Waals surface area contributed by atoms with Gasteiger partial charge in [0.2, 0.25) is 0 Å². The zero-order valence-electron chi connectivity index (χ0n) is 9.31. The number of rotatable bonds is 3. The third kappa shape index (κ3) is 2.28.